The summed E-state index contributed by atoms with van der Waals surface area (Å²) in [6.07, 6.45) is -0.772. The Balaban J connectivity index is 1.90. The van der Waals surface area contributed by atoms with E-state index in [2.05, 4.69) is 16.2 Å². The van der Waals surface area contributed by atoms with E-state index in [9.17, 15) is 19.2 Å². The van der Waals surface area contributed by atoms with Gasteiger partial charge >= 0.3 is 6.09 Å². The van der Waals surface area contributed by atoms with Gasteiger partial charge in [-0.05, 0) is 82.6 Å². The van der Waals surface area contributed by atoms with Crippen LogP contribution in [0, 0.1) is 5.82 Å². The third-order valence-corrected chi connectivity index (χ3v) is 13.7. The number of benzene rings is 2. The summed E-state index contributed by atoms with van der Waals surface area (Å²) in [4.78, 5) is 54.6. The van der Waals surface area contributed by atoms with Crippen molar-refractivity contribution in [2.45, 2.75) is 102 Å². The molecule has 1 aliphatic heterocycles. The normalized spacial score (nSPS) is 15.9. The van der Waals surface area contributed by atoms with Crippen LogP contribution in [0.3, 0.4) is 0 Å². The third kappa shape index (κ3) is 9.46. The zero-order chi connectivity index (χ0) is 34.8. The van der Waals surface area contributed by atoms with Crippen LogP contribution in [0.15, 0.2) is 41.3 Å². The zero-order valence-corrected chi connectivity index (χ0v) is 30.6. The van der Waals surface area contributed by atoms with E-state index in [1.807, 2.05) is 33.9 Å². The molecule has 3 N–H and O–H groups in total. The van der Waals surface area contributed by atoms with E-state index in [1.54, 1.807) is 58.9 Å². The first-order valence-electron chi connectivity index (χ1n) is 14.8. The fourth-order valence-corrected chi connectivity index (χ4v) is 7.13. The Hall–Kier alpha value is -3.13. The molecule has 1 aliphatic rings. The lowest BCUT2D eigenvalue weighted by molar-refractivity contribution is -0.135. The van der Waals surface area contributed by atoms with E-state index in [0.717, 1.165) is 11.8 Å². The number of hydrazine groups is 1. The van der Waals surface area contributed by atoms with Crippen LogP contribution in [-0.2, 0) is 25.3 Å². The number of anilines is 1. The number of carbonyl (C=O) groups excluding carboxylic acids is 4. The number of thioether (sulfide) groups is 1. The second-order valence-electron chi connectivity index (χ2n) is 14.1. The van der Waals surface area contributed by atoms with Crippen molar-refractivity contribution < 1.29 is 32.7 Å². The van der Waals surface area contributed by atoms with Crippen molar-refractivity contribution in [3.05, 3.63) is 58.4 Å². The average Bonchev–Trinajstić information content (AvgIpc) is 3.02. The number of fused-ring (bicyclic) bond motifs is 1. The molecule has 0 spiro atoms. The minimum Gasteiger partial charge on any atom is -0.444 e. The summed E-state index contributed by atoms with van der Waals surface area (Å²) >= 11 is 7.21. The first-order valence-corrected chi connectivity index (χ1v) is 19.1. The fraction of sp³-hybridized carbons (Fsp3) is 0.500. The number of hydrogen-bond acceptors (Lipinski definition) is 7. The number of hydrogen-bond donors (Lipinski definition) is 3. The summed E-state index contributed by atoms with van der Waals surface area (Å²) in [5.74, 6) is -2.78. The molecule has 2 aromatic carbocycles. The lowest BCUT2D eigenvalue weighted by Gasteiger charge is -2.41. The number of nitrogens with zero attached hydrogens (tertiary/aromatic N) is 1. The maximum Gasteiger partial charge on any atom is 0.408 e. The van der Waals surface area contributed by atoms with Gasteiger partial charge in [-0.15, -0.1) is 11.8 Å². The molecule has 0 aromatic heterocycles. The molecule has 0 saturated carbocycles. The summed E-state index contributed by atoms with van der Waals surface area (Å²) in [6.45, 7) is 18.5. The molecule has 46 heavy (non-hydrogen) atoms. The Morgan fingerprint density at radius 1 is 1.02 bits per heavy atom. The smallest absolute Gasteiger partial charge is 0.408 e. The molecule has 14 heteroatoms. The molecule has 252 valence electrons. The highest BCUT2D eigenvalue weighted by Crippen LogP contribution is 2.40. The van der Waals surface area contributed by atoms with Crippen LogP contribution in [0.4, 0.5) is 14.9 Å². The number of alkyl carbamates (subject to hydrolysis) is 1. The van der Waals surface area contributed by atoms with Crippen molar-refractivity contribution in [2.24, 2.45) is 0 Å². The molecule has 0 bridgehead atoms. The Bertz CT molecular complexity index is 1490. The predicted octanol–water partition coefficient (Wildman–Crippen LogP) is 6.57. The summed E-state index contributed by atoms with van der Waals surface area (Å²) in [7, 11) is -2.35. The Morgan fingerprint density at radius 3 is 2.20 bits per heavy atom. The lowest BCUT2D eigenvalue weighted by Crippen LogP contribution is -2.57. The van der Waals surface area contributed by atoms with Gasteiger partial charge in [-0.3, -0.25) is 25.2 Å². The van der Waals surface area contributed by atoms with Gasteiger partial charge in [0.2, 0.25) is 0 Å². The molecule has 2 aromatic rings. The Kier molecular flexibility index (Phi) is 11.3. The summed E-state index contributed by atoms with van der Waals surface area (Å²) in [6, 6.07) is 8.25. The summed E-state index contributed by atoms with van der Waals surface area (Å²) in [5.41, 5.74) is 3.16. The van der Waals surface area contributed by atoms with Crippen LogP contribution in [0.5, 0.6) is 0 Å². The summed E-state index contributed by atoms with van der Waals surface area (Å²) < 4.78 is 27.1. The first-order chi connectivity index (χ1) is 21.0. The van der Waals surface area contributed by atoms with E-state index in [4.69, 9.17) is 20.8 Å². The molecule has 4 amide bonds. The van der Waals surface area contributed by atoms with Crippen molar-refractivity contribution in [1.29, 1.82) is 0 Å². The second-order valence-corrected chi connectivity index (χ2v) is 20.4. The minimum atomic E-state index is -2.35. The lowest BCUT2D eigenvalue weighted by atomic mass is 10.1. The van der Waals surface area contributed by atoms with Crippen molar-refractivity contribution in [1.82, 2.24) is 16.2 Å². The predicted molar refractivity (Wildman–Crippen MR) is 181 cm³/mol. The van der Waals surface area contributed by atoms with Gasteiger partial charge in [-0.1, -0.05) is 44.5 Å². The quantitative estimate of drug-likeness (QED) is 0.221. The number of ether oxygens (including phenoxy) is 1. The van der Waals surface area contributed by atoms with Gasteiger partial charge in [-0.2, -0.15) is 0 Å². The third-order valence-electron chi connectivity index (χ3n) is 7.65. The molecule has 0 saturated heterocycles. The van der Waals surface area contributed by atoms with Gasteiger partial charge in [-0.25, -0.2) is 9.18 Å². The Morgan fingerprint density at radius 2 is 1.63 bits per heavy atom. The van der Waals surface area contributed by atoms with Crippen LogP contribution in [0.1, 0.15) is 71.3 Å². The van der Waals surface area contributed by atoms with Gasteiger partial charge in [0.15, 0.2) is 8.32 Å². The van der Waals surface area contributed by atoms with Crippen LogP contribution in [0.25, 0.3) is 0 Å². The van der Waals surface area contributed by atoms with Gasteiger partial charge in [0, 0.05) is 15.7 Å². The number of amides is 4. The van der Waals surface area contributed by atoms with Crippen molar-refractivity contribution in [2.75, 3.05) is 10.7 Å². The molecule has 0 aliphatic carbocycles. The van der Waals surface area contributed by atoms with Crippen LogP contribution in [0.2, 0.25) is 23.2 Å². The summed E-state index contributed by atoms with van der Waals surface area (Å²) in [5, 5.41) is 2.97. The average molecular weight is 695 g/mol. The highest BCUT2D eigenvalue weighted by Gasteiger charge is 2.44. The maximum absolute atomic E-state index is 15.4. The fourth-order valence-electron chi connectivity index (χ4n) is 4.25. The second kappa shape index (κ2) is 13.9. The van der Waals surface area contributed by atoms with E-state index in [1.165, 1.54) is 17.0 Å². The number of halogens is 2. The van der Waals surface area contributed by atoms with E-state index >= 15 is 4.39 Å². The standard InChI is InChI=1S/C32H44ClFN4O6SSi/c1-30(2,3)43-29(42)35-23-18-45-25-16-22(34)21(15-24(25)38(27(23)40)17-19-11-13-20(33)14-12-19)26(39)36-37-28(41)32(7,8)44-46(9,10)31(4,5)6/h11-16,23H,17-18H2,1-10H3,(H,35,42)(H,36,39)(H,37,41)/t23-/m0/s1. The maximum atomic E-state index is 15.4. The van der Waals surface area contributed by atoms with Crippen LogP contribution >= 0.6 is 23.4 Å². The van der Waals surface area contributed by atoms with E-state index in [-0.39, 0.29) is 23.0 Å². The number of rotatable bonds is 7. The number of carbonyl (C=O) groups is 4. The van der Waals surface area contributed by atoms with E-state index in [0.29, 0.717) is 15.5 Å². The first kappa shape index (κ1) is 37.3. The molecular weight excluding hydrogens is 651 g/mol. The molecular formula is C32H44ClFN4O6SSi. The highest BCUT2D eigenvalue weighted by atomic mass is 35.5. The number of nitrogens with one attached hydrogen (secondary N) is 3. The monoisotopic (exact) mass is 694 g/mol. The molecule has 0 radical (unpaired) electrons. The molecule has 0 fully saturated rings. The largest absolute Gasteiger partial charge is 0.444 e. The van der Waals surface area contributed by atoms with Crippen molar-refractivity contribution in [3.63, 3.8) is 0 Å². The SMILES string of the molecule is CC(C)(C)OC(=O)N[C@H]1CSc2cc(F)c(C(=O)NNC(=O)C(C)(C)O[Si](C)(C)C(C)(C)C)cc2N(Cc2ccc(Cl)cc2)C1=O. The highest BCUT2D eigenvalue weighted by molar-refractivity contribution is 7.99. The molecule has 3 rings (SSSR count). The van der Waals surface area contributed by atoms with Crippen molar-refractivity contribution in [3.8, 4) is 0 Å². The molecule has 10 nitrogen and oxygen atoms in total. The zero-order valence-electron chi connectivity index (χ0n) is 28.0. The van der Waals surface area contributed by atoms with Crippen LogP contribution in [-0.4, -0.2) is 55.1 Å². The van der Waals surface area contributed by atoms with Gasteiger partial charge in [0.25, 0.3) is 17.7 Å². The van der Waals surface area contributed by atoms with Gasteiger partial charge < -0.3 is 19.4 Å². The van der Waals surface area contributed by atoms with Gasteiger partial charge in [0.05, 0.1) is 17.8 Å². The van der Waals surface area contributed by atoms with Gasteiger partial charge in [0.1, 0.15) is 23.1 Å². The van der Waals surface area contributed by atoms with E-state index < -0.39 is 60.8 Å². The molecule has 0 unspecified atom stereocenters. The van der Waals surface area contributed by atoms with Crippen molar-refractivity contribution >= 4 is 61.2 Å². The topological polar surface area (TPSA) is 126 Å². The van der Waals surface area contributed by atoms with Crippen LogP contribution < -0.4 is 21.1 Å². The minimum absolute atomic E-state index is 0.0401. The Labute approximate surface area is 280 Å². The molecule has 1 atom stereocenters. The molecule has 1 heterocycles.